The van der Waals surface area contributed by atoms with Crippen molar-refractivity contribution in [1.82, 2.24) is 30.1 Å². The lowest BCUT2D eigenvalue weighted by Gasteiger charge is -2.21. The van der Waals surface area contributed by atoms with E-state index >= 15 is 0 Å². The summed E-state index contributed by atoms with van der Waals surface area (Å²) >= 11 is 1.25. The maximum atomic E-state index is 12.7. The van der Waals surface area contributed by atoms with Gasteiger partial charge in [-0.25, -0.2) is 15.0 Å². The van der Waals surface area contributed by atoms with Gasteiger partial charge in [0.05, 0.1) is 17.6 Å². The van der Waals surface area contributed by atoms with E-state index in [1.54, 1.807) is 49.9 Å². The number of hydrogen-bond donors (Lipinski definition) is 0. The van der Waals surface area contributed by atoms with Crippen LogP contribution < -0.4 is 4.90 Å². The van der Waals surface area contributed by atoms with Crippen LogP contribution in [0.1, 0.15) is 16.6 Å². The third-order valence-electron chi connectivity index (χ3n) is 3.73. The number of halogens is 3. The van der Waals surface area contributed by atoms with E-state index in [4.69, 9.17) is 0 Å². The van der Waals surface area contributed by atoms with Crippen LogP contribution in [0.2, 0.25) is 0 Å². The van der Waals surface area contributed by atoms with Gasteiger partial charge in [0, 0.05) is 23.5 Å². The first-order chi connectivity index (χ1) is 13.9. The SMILES string of the molecule is Cc1nccc(N(Cc2ccc(-c3noc(C(F)(F)F)n3)s2)c2cnccn2)n1. The van der Waals surface area contributed by atoms with Crippen LogP contribution in [0.15, 0.2) is 47.5 Å². The quantitative estimate of drug-likeness (QED) is 0.478. The second-order valence-corrected chi connectivity index (χ2v) is 6.97. The maximum absolute atomic E-state index is 12.7. The highest BCUT2D eigenvalue weighted by Crippen LogP contribution is 2.33. The Bertz CT molecular complexity index is 1110. The molecule has 0 saturated carbocycles. The Morgan fingerprint density at radius 3 is 2.59 bits per heavy atom. The van der Waals surface area contributed by atoms with Crippen LogP contribution >= 0.6 is 11.3 Å². The Morgan fingerprint density at radius 1 is 1.03 bits per heavy atom. The molecule has 0 atom stereocenters. The lowest BCUT2D eigenvalue weighted by atomic mass is 10.3. The molecule has 12 heteroatoms. The van der Waals surface area contributed by atoms with Gasteiger partial charge in [-0.05, 0) is 25.1 Å². The molecule has 4 rings (SSSR count). The van der Waals surface area contributed by atoms with Crippen molar-refractivity contribution in [3.63, 3.8) is 0 Å². The molecule has 29 heavy (non-hydrogen) atoms. The minimum Gasteiger partial charge on any atom is -0.329 e. The maximum Gasteiger partial charge on any atom is 0.471 e. The monoisotopic (exact) mass is 419 g/mol. The Balaban J connectivity index is 1.63. The molecule has 0 fully saturated rings. The minimum atomic E-state index is -4.68. The summed E-state index contributed by atoms with van der Waals surface area (Å²) in [7, 11) is 0. The number of aromatic nitrogens is 6. The molecule has 0 aliphatic rings. The van der Waals surface area contributed by atoms with Gasteiger partial charge in [0.15, 0.2) is 5.82 Å². The fourth-order valence-electron chi connectivity index (χ4n) is 2.48. The van der Waals surface area contributed by atoms with Crippen molar-refractivity contribution in [2.75, 3.05) is 4.90 Å². The summed E-state index contributed by atoms with van der Waals surface area (Å²) in [5.74, 6) is 0.290. The van der Waals surface area contributed by atoms with E-state index in [9.17, 15) is 13.2 Å². The molecule has 8 nitrogen and oxygen atoms in total. The number of hydrogen-bond acceptors (Lipinski definition) is 9. The van der Waals surface area contributed by atoms with Crippen molar-refractivity contribution in [1.29, 1.82) is 0 Å². The second-order valence-electron chi connectivity index (χ2n) is 5.80. The van der Waals surface area contributed by atoms with Crippen molar-refractivity contribution in [3.05, 3.63) is 59.6 Å². The molecule has 4 aromatic heterocycles. The predicted molar refractivity (Wildman–Crippen MR) is 97.3 cm³/mol. The summed E-state index contributed by atoms with van der Waals surface area (Å²) in [5.41, 5.74) is 0. The Labute approximate surface area is 166 Å². The van der Waals surface area contributed by atoms with Crippen LogP contribution in [-0.2, 0) is 12.7 Å². The highest BCUT2D eigenvalue weighted by molar-refractivity contribution is 7.15. The molecule has 0 unspecified atom stereocenters. The summed E-state index contributed by atoms with van der Waals surface area (Å²) in [5, 5.41) is 3.42. The minimum absolute atomic E-state index is 0.113. The number of nitrogens with zero attached hydrogens (tertiary/aromatic N) is 7. The van der Waals surface area contributed by atoms with Crippen LogP contribution in [0.25, 0.3) is 10.7 Å². The highest BCUT2D eigenvalue weighted by Gasteiger charge is 2.38. The molecule has 4 heterocycles. The van der Waals surface area contributed by atoms with Crippen LogP contribution in [0.4, 0.5) is 24.8 Å². The zero-order valence-corrected chi connectivity index (χ0v) is 15.6. The summed E-state index contributed by atoms with van der Waals surface area (Å²) in [6.45, 7) is 2.14. The lowest BCUT2D eigenvalue weighted by Crippen LogP contribution is -2.19. The average molecular weight is 419 g/mol. The molecule has 0 amide bonds. The van der Waals surface area contributed by atoms with Gasteiger partial charge in [-0.1, -0.05) is 5.16 Å². The highest BCUT2D eigenvalue weighted by atomic mass is 32.1. The van der Waals surface area contributed by atoms with Crippen molar-refractivity contribution >= 4 is 23.0 Å². The smallest absolute Gasteiger partial charge is 0.329 e. The van der Waals surface area contributed by atoms with Gasteiger partial charge >= 0.3 is 12.1 Å². The molecule has 4 aromatic rings. The van der Waals surface area contributed by atoms with Crippen molar-refractivity contribution < 1.29 is 17.7 Å². The number of anilines is 2. The molecule has 0 aromatic carbocycles. The van der Waals surface area contributed by atoms with E-state index in [0.29, 0.717) is 28.9 Å². The molecule has 0 aliphatic carbocycles. The third-order valence-corrected chi connectivity index (χ3v) is 4.79. The number of alkyl halides is 3. The molecular formula is C17H12F3N7OS. The first-order valence-electron chi connectivity index (χ1n) is 8.23. The third kappa shape index (κ3) is 4.21. The topological polar surface area (TPSA) is 93.7 Å². The van der Waals surface area contributed by atoms with Gasteiger partial charge in [-0.2, -0.15) is 18.2 Å². The van der Waals surface area contributed by atoms with Gasteiger partial charge in [0.1, 0.15) is 11.6 Å². The van der Waals surface area contributed by atoms with Gasteiger partial charge < -0.3 is 9.42 Å². The van der Waals surface area contributed by atoms with E-state index in [1.165, 1.54) is 11.3 Å². The van der Waals surface area contributed by atoms with Gasteiger partial charge in [-0.15, -0.1) is 11.3 Å². The molecule has 0 bridgehead atoms. The fraction of sp³-hybridized carbons (Fsp3) is 0.176. The summed E-state index contributed by atoms with van der Waals surface area (Å²) in [4.78, 5) is 23.5. The number of aryl methyl sites for hydroxylation is 1. The molecule has 0 N–H and O–H groups in total. The Hall–Kier alpha value is -3.41. The van der Waals surface area contributed by atoms with Crippen molar-refractivity contribution in [3.8, 4) is 10.7 Å². The van der Waals surface area contributed by atoms with E-state index in [-0.39, 0.29) is 5.82 Å². The first kappa shape index (κ1) is 18.9. The number of thiophene rings is 1. The molecule has 0 aliphatic heterocycles. The predicted octanol–water partition coefficient (Wildman–Crippen LogP) is 4.04. The lowest BCUT2D eigenvalue weighted by molar-refractivity contribution is -0.159. The molecular weight excluding hydrogens is 407 g/mol. The fourth-order valence-corrected chi connectivity index (χ4v) is 3.40. The van der Waals surface area contributed by atoms with Gasteiger partial charge in [0.25, 0.3) is 0 Å². The van der Waals surface area contributed by atoms with Crippen molar-refractivity contribution in [2.45, 2.75) is 19.6 Å². The van der Waals surface area contributed by atoms with Crippen LogP contribution in [0.3, 0.4) is 0 Å². The van der Waals surface area contributed by atoms with Crippen LogP contribution in [-0.4, -0.2) is 30.1 Å². The van der Waals surface area contributed by atoms with Crippen molar-refractivity contribution in [2.24, 2.45) is 0 Å². The van der Waals surface area contributed by atoms with E-state index in [1.807, 2.05) is 4.90 Å². The van der Waals surface area contributed by atoms with E-state index < -0.39 is 12.1 Å². The summed E-state index contributed by atoms with van der Waals surface area (Å²) in [6.07, 6.45) is 1.68. The van der Waals surface area contributed by atoms with Crippen LogP contribution in [0, 0.1) is 6.92 Å². The zero-order chi connectivity index (χ0) is 20.4. The molecule has 148 valence electrons. The molecule has 0 saturated heterocycles. The number of rotatable bonds is 5. The average Bonchev–Trinajstić information content (AvgIpc) is 3.36. The molecule has 0 radical (unpaired) electrons. The van der Waals surface area contributed by atoms with Gasteiger partial charge in [0.2, 0.25) is 5.82 Å². The normalized spacial score (nSPS) is 11.6. The zero-order valence-electron chi connectivity index (χ0n) is 14.8. The van der Waals surface area contributed by atoms with E-state index in [2.05, 4.69) is 34.6 Å². The summed E-state index contributed by atoms with van der Waals surface area (Å²) in [6, 6.07) is 5.16. The standard InChI is InChI=1S/C17H12F3N7OS/c1-10-22-5-4-13(24-10)27(14-8-21-6-7-23-14)9-11-2-3-12(29-11)15-25-16(28-26-15)17(18,19)20/h2-8H,9H2,1H3. The Kier molecular flexibility index (Phi) is 4.92. The molecule has 0 spiro atoms. The van der Waals surface area contributed by atoms with E-state index in [0.717, 1.165) is 4.88 Å². The first-order valence-corrected chi connectivity index (χ1v) is 9.05. The second kappa shape index (κ2) is 7.54. The largest absolute Gasteiger partial charge is 0.471 e. The van der Waals surface area contributed by atoms with Crippen LogP contribution in [0.5, 0.6) is 0 Å². The Morgan fingerprint density at radius 2 is 1.90 bits per heavy atom. The van der Waals surface area contributed by atoms with Gasteiger partial charge in [-0.3, -0.25) is 4.98 Å². The summed E-state index contributed by atoms with van der Waals surface area (Å²) < 4.78 is 42.3.